The van der Waals surface area contributed by atoms with Crippen LogP contribution in [0, 0.1) is 6.92 Å². The minimum absolute atomic E-state index is 0.309. The lowest BCUT2D eigenvalue weighted by atomic mass is 10.2. The molecule has 118 valence electrons. The molecule has 0 radical (unpaired) electrons. The largest absolute Gasteiger partial charge is 0.485 e. The second kappa shape index (κ2) is 7.66. The summed E-state index contributed by atoms with van der Waals surface area (Å²) in [5.41, 5.74) is 6.83. The number of esters is 1. The summed E-state index contributed by atoms with van der Waals surface area (Å²) >= 11 is 0. The molecule has 0 saturated heterocycles. The van der Waals surface area contributed by atoms with Crippen molar-refractivity contribution in [2.75, 3.05) is 6.61 Å². The number of para-hydroxylation sites is 1. The Kier molecular flexibility index (Phi) is 5.61. The second-order valence-corrected chi connectivity index (χ2v) is 4.98. The van der Waals surface area contributed by atoms with Gasteiger partial charge in [0.25, 0.3) is 0 Å². The van der Waals surface area contributed by atoms with Gasteiger partial charge in [0.15, 0.2) is 0 Å². The average Bonchev–Trinajstić information content (AvgIpc) is 2.94. The fourth-order valence-electron chi connectivity index (χ4n) is 2.03. The van der Waals surface area contributed by atoms with E-state index in [-0.39, 0.29) is 0 Å². The lowest BCUT2D eigenvalue weighted by Gasteiger charge is -2.09. The highest BCUT2D eigenvalue weighted by molar-refractivity contribution is 5.75. The molecule has 5 nitrogen and oxygen atoms in total. The number of furan rings is 1. The van der Waals surface area contributed by atoms with Crippen LogP contribution in [0.2, 0.25) is 0 Å². The first-order valence-electron chi connectivity index (χ1n) is 7.28. The van der Waals surface area contributed by atoms with Crippen LogP contribution < -0.4 is 10.5 Å². The summed E-state index contributed by atoms with van der Waals surface area (Å²) < 4.78 is 16.2. The van der Waals surface area contributed by atoms with Gasteiger partial charge in [0.1, 0.15) is 29.9 Å². The smallest absolute Gasteiger partial charge is 0.323 e. The lowest BCUT2D eigenvalue weighted by Crippen LogP contribution is -2.34. The summed E-state index contributed by atoms with van der Waals surface area (Å²) in [6.45, 7) is 4.39. The molecule has 5 heteroatoms. The van der Waals surface area contributed by atoms with E-state index in [9.17, 15) is 4.79 Å². The summed E-state index contributed by atoms with van der Waals surface area (Å²) in [6, 6.07) is 10.7. The fraction of sp³-hybridized carbons (Fsp3) is 0.353. The van der Waals surface area contributed by atoms with Crippen LogP contribution in [0.3, 0.4) is 0 Å². The summed E-state index contributed by atoms with van der Waals surface area (Å²) in [4.78, 5) is 11.5. The molecule has 1 unspecified atom stereocenters. The van der Waals surface area contributed by atoms with Gasteiger partial charge in [0.2, 0.25) is 0 Å². The molecule has 1 aromatic carbocycles. The summed E-state index contributed by atoms with van der Waals surface area (Å²) in [7, 11) is 0. The summed E-state index contributed by atoms with van der Waals surface area (Å²) in [5, 5.41) is 0. The van der Waals surface area contributed by atoms with Crippen LogP contribution in [0.15, 0.2) is 40.8 Å². The van der Waals surface area contributed by atoms with Crippen LogP contribution in [0.1, 0.15) is 24.0 Å². The quantitative estimate of drug-likeness (QED) is 0.796. The van der Waals surface area contributed by atoms with Crippen molar-refractivity contribution in [2.24, 2.45) is 5.73 Å². The predicted octanol–water partition coefficient (Wildman–Crippen LogP) is 2.60. The van der Waals surface area contributed by atoms with E-state index in [1.54, 1.807) is 13.0 Å². The molecule has 0 spiro atoms. The molecule has 1 atom stereocenters. The van der Waals surface area contributed by atoms with Crippen molar-refractivity contribution in [3.63, 3.8) is 0 Å². The van der Waals surface area contributed by atoms with Crippen molar-refractivity contribution in [1.29, 1.82) is 0 Å². The molecule has 22 heavy (non-hydrogen) atoms. The molecule has 0 aliphatic heterocycles. The molecule has 0 bridgehead atoms. The van der Waals surface area contributed by atoms with Crippen molar-refractivity contribution in [2.45, 2.75) is 32.9 Å². The van der Waals surface area contributed by atoms with Gasteiger partial charge in [-0.1, -0.05) is 18.2 Å². The molecular formula is C17H21NO4. The third-order valence-electron chi connectivity index (χ3n) is 3.19. The topological polar surface area (TPSA) is 74.7 Å². The molecule has 2 N–H and O–H groups in total. The monoisotopic (exact) mass is 303 g/mol. The van der Waals surface area contributed by atoms with Crippen LogP contribution in [0.25, 0.3) is 0 Å². The van der Waals surface area contributed by atoms with Gasteiger partial charge in [0, 0.05) is 6.42 Å². The van der Waals surface area contributed by atoms with Gasteiger partial charge in [-0.25, -0.2) is 0 Å². The first-order chi connectivity index (χ1) is 10.6. The number of hydrogen-bond acceptors (Lipinski definition) is 5. The van der Waals surface area contributed by atoms with Crippen molar-refractivity contribution in [3.05, 3.63) is 53.5 Å². The first kappa shape index (κ1) is 16.1. The highest BCUT2D eigenvalue weighted by Crippen LogP contribution is 2.19. The minimum atomic E-state index is -0.712. The van der Waals surface area contributed by atoms with Gasteiger partial charge in [-0.15, -0.1) is 0 Å². The van der Waals surface area contributed by atoms with Crippen molar-refractivity contribution in [1.82, 2.24) is 0 Å². The first-order valence-corrected chi connectivity index (χ1v) is 7.28. The van der Waals surface area contributed by atoms with Gasteiger partial charge in [-0.2, -0.15) is 0 Å². The van der Waals surface area contributed by atoms with Crippen LogP contribution >= 0.6 is 0 Å². The number of nitrogens with two attached hydrogens (primary N) is 1. The van der Waals surface area contributed by atoms with E-state index >= 15 is 0 Å². The summed E-state index contributed by atoms with van der Waals surface area (Å²) in [5.74, 6) is 1.73. The zero-order valence-electron chi connectivity index (χ0n) is 12.9. The number of carbonyl (C=O) groups excluding carboxylic acids is 1. The molecular weight excluding hydrogens is 282 g/mol. The maximum absolute atomic E-state index is 11.5. The van der Waals surface area contributed by atoms with Gasteiger partial charge in [-0.3, -0.25) is 4.79 Å². The van der Waals surface area contributed by atoms with Gasteiger partial charge < -0.3 is 19.6 Å². The van der Waals surface area contributed by atoms with Crippen molar-refractivity contribution >= 4 is 5.97 Å². The fourth-order valence-corrected chi connectivity index (χ4v) is 2.03. The molecule has 0 saturated carbocycles. The molecule has 0 fully saturated rings. The molecule has 2 aromatic rings. The predicted molar refractivity (Wildman–Crippen MR) is 82.5 cm³/mol. The Morgan fingerprint density at radius 3 is 2.68 bits per heavy atom. The number of hydrogen-bond donors (Lipinski definition) is 1. The molecule has 0 aliphatic carbocycles. The number of ether oxygens (including phenoxy) is 2. The zero-order chi connectivity index (χ0) is 15.9. The SMILES string of the molecule is CCOC(=O)C(N)Cc1ccc(COc2ccccc2C)o1. The molecule has 1 heterocycles. The Morgan fingerprint density at radius 2 is 1.95 bits per heavy atom. The van der Waals surface area contributed by atoms with Gasteiger partial charge >= 0.3 is 5.97 Å². The Bertz CT molecular complexity index is 621. The highest BCUT2D eigenvalue weighted by Gasteiger charge is 2.17. The van der Waals surface area contributed by atoms with E-state index in [0.717, 1.165) is 11.3 Å². The van der Waals surface area contributed by atoms with Crippen LogP contribution in [-0.4, -0.2) is 18.6 Å². The second-order valence-electron chi connectivity index (χ2n) is 4.98. The standard InChI is InChI=1S/C17H21NO4/c1-3-20-17(19)15(18)10-13-8-9-14(22-13)11-21-16-7-5-4-6-12(16)2/h4-9,15H,3,10-11,18H2,1-2H3. The van der Waals surface area contributed by atoms with Crippen molar-refractivity contribution in [3.8, 4) is 5.75 Å². The van der Waals surface area contributed by atoms with Gasteiger partial charge in [-0.05, 0) is 37.6 Å². The maximum atomic E-state index is 11.5. The Balaban J connectivity index is 1.89. The lowest BCUT2D eigenvalue weighted by molar-refractivity contribution is -0.144. The van der Waals surface area contributed by atoms with Gasteiger partial charge in [0.05, 0.1) is 6.61 Å². The van der Waals surface area contributed by atoms with Crippen molar-refractivity contribution < 1.29 is 18.7 Å². The Labute approximate surface area is 130 Å². The number of carbonyl (C=O) groups is 1. The number of aryl methyl sites for hydroxylation is 1. The van der Waals surface area contributed by atoms with E-state index in [4.69, 9.17) is 19.6 Å². The Hall–Kier alpha value is -2.27. The van der Waals surface area contributed by atoms with E-state index < -0.39 is 12.0 Å². The third kappa shape index (κ3) is 4.36. The zero-order valence-corrected chi connectivity index (χ0v) is 12.9. The Morgan fingerprint density at radius 1 is 1.23 bits per heavy atom. The number of benzene rings is 1. The highest BCUT2D eigenvalue weighted by atomic mass is 16.5. The maximum Gasteiger partial charge on any atom is 0.323 e. The van der Waals surface area contributed by atoms with E-state index in [2.05, 4.69) is 0 Å². The van der Waals surface area contributed by atoms with E-state index in [0.29, 0.717) is 31.2 Å². The normalized spacial score (nSPS) is 12.0. The molecule has 0 amide bonds. The number of rotatable bonds is 7. The third-order valence-corrected chi connectivity index (χ3v) is 3.19. The molecule has 2 rings (SSSR count). The van der Waals surface area contributed by atoms with Crippen LogP contribution in [0.5, 0.6) is 5.75 Å². The average molecular weight is 303 g/mol. The summed E-state index contributed by atoms with van der Waals surface area (Å²) in [6.07, 6.45) is 0.309. The van der Waals surface area contributed by atoms with E-state index in [1.165, 1.54) is 0 Å². The van der Waals surface area contributed by atoms with Crippen LogP contribution in [-0.2, 0) is 22.6 Å². The van der Waals surface area contributed by atoms with Crippen LogP contribution in [0.4, 0.5) is 0 Å². The molecule has 1 aromatic heterocycles. The minimum Gasteiger partial charge on any atom is -0.485 e. The molecule has 0 aliphatic rings. The van der Waals surface area contributed by atoms with E-state index in [1.807, 2.05) is 37.3 Å².